The predicted molar refractivity (Wildman–Crippen MR) is 49.9 cm³/mol. The first-order valence-corrected chi connectivity index (χ1v) is 4.28. The van der Waals surface area contributed by atoms with E-state index >= 15 is 0 Å². The van der Waals surface area contributed by atoms with Crippen molar-refractivity contribution in [2.45, 2.75) is 25.3 Å². The Labute approximate surface area is 73.0 Å². The van der Waals surface area contributed by atoms with Crippen molar-refractivity contribution in [3.8, 4) is 5.75 Å². The summed E-state index contributed by atoms with van der Waals surface area (Å²) in [5.74, 6) is 0.322. The fourth-order valence-electron chi connectivity index (χ4n) is 0.868. The molecule has 2 heteroatoms. The summed E-state index contributed by atoms with van der Waals surface area (Å²) in [6, 6.07) is 9.28. The van der Waals surface area contributed by atoms with Crippen LogP contribution in [0.15, 0.2) is 30.3 Å². The molecule has 1 aromatic rings. The van der Waals surface area contributed by atoms with E-state index in [-0.39, 0.29) is 0 Å². The molecule has 1 aliphatic carbocycles. The maximum absolute atomic E-state index is 8.63. The Morgan fingerprint density at radius 3 is 1.83 bits per heavy atom. The van der Waals surface area contributed by atoms with Gasteiger partial charge < -0.3 is 10.8 Å². The molecule has 2 rings (SSSR count). The van der Waals surface area contributed by atoms with Crippen molar-refractivity contribution >= 4 is 0 Å². The highest BCUT2D eigenvalue weighted by molar-refractivity contribution is 5.18. The maximum Gasteiger partial charge on any atom is 0.115 e. The molecule has 0 atom stereocenters. The fourth-order valence-corrected chi connectivity index (χ4v) is 0.868. The van der Waals surface area contributed by atoms with Crippen LogP contribution in [-0.4, -0.2) is 11.1 Å². The van der Waals surface area contributed by atoms with Gasteiger partial charge in [-0.05, 0) is 25.0 Å². The number of nitrogens with two attached hydrogens (primary N) is 1. The van der Waals surface area contributed by atoms with E-state index < -0.39 is 0 Å². The van der Waals surface area contributed by atoms with E-state index in [1.807, 2.05) is 6.07 Å². The van der Waals surface area contributed by atoms with Crippen LogP contribution in [0.4, 0.5) is 0 Å². The second-order valence-electron chi connectivity index (χ2n) is 3.03. The summed E-state index contributed by atoms with van der Waals surface area (Å²) in [6.45, 7) is 0. The van der Waals surface area contributed by atoms with Crippen LogP contribution in [0.3, 0.4) is 0 Å². The first-order chi connectivity index (χ1) is 5.79. The van der Waals surface area contributed by atoms with E-state index in [2.05, 4.69) is 0 Å². The zero-order chi connectivity index (χ0) is 8.81. The van der Waals surface area contributed by atoms with Gasteiger partial charge in [-0.1, -0.05) is 24.6 Å². The molecule has 66 valence electrons. The highest BCUT2D eigenvalue weighted by Crippen LogP contribution is 2.14. The Morgan fingerprint density at radius 2 is 1.67 bits per heavy atom. The Morgan fingerprint density at radius 1 is 1.17 bits per heavy atom. The van der Waals surface area contributed by atoms with Crippen LogP contribution in [0.2, 0.25) is 0 Å². The summed E-state index contributed by atoms with van der Waals surface area (Å²) in [4.78, 5) is 0. The molecule has 0 aromatic heterocycles. The summed E-state index contributed by atoms with van der Waals surface area (Å²) in [6.07, 6.45) is 3.89. The van der Waals surface area contributed by atoms with Gasteiger partial charge in [0.2, 0.25) is 0 Å². The molecular formula is C10H15NO. The van der Waals surface area contributed by atoms with Crippen molar-refractivity contribution in [1.82, 2.24) is 0 Å². The maximum atomic E-state index is 8.63. The molecule has 0 saturated heterocycles. The molecule has 0 radical (unpaired) electrons. The number of para-hydroxylation sites is 1. The van der Waals surface area contributed by atoms with Crippen LogP contribution in [-0.2, 0) is 0 Å². The van der Waals surface area contributed by atoms with E-state index in [4.69, 9.17) is 10.8 Å². The molecule has 1 aliphatic rings. The average molecular weight is 165 g/mol. The van der Waals surface area contributed by atoms with Crippen LogP contribution in [0.1, 0.15) is 19.3 Å². The minimum absolute atomic E-state index is 0.322. The number of hydrogen-bond acceptors (Lipinski definition) is 2. The SMILES string of the molecule is NC1CCC1.Oc1ccccc1. The third kappa shape index (κ3) is 3.39. The van der Waals surface area contributed by atoms with Crippen molar-refractivity contribution in [1.29, 1.82) is 0 Å². The molecule has 0 unspecified atom stereocenters. The molecule has 12 heavy (non-hydrogen) atoms. The number of phenols is 1. The van der Waals surface area contributed by atoms with E-state index in [1.54, 1.807) is 24.3 Å². The molecule has 0 aliphatic heterocycles. The second-order valence-corrected chi connectivity index (χ2v) is 3.03. The van der Waals surface area contributed by atoms with Gasteiger partial charge in [0.05, 0.1) is 0 Å². The normalized spacial score (nSPS) is 15.8. The van der Waals surface area contributed by atoms with E-state index in [0.717, 1.165) is 0 Å². The highest BCUT2D eigenvalue weighted by Gasteiger charge is 2.09. The molecule has 1 saturated carbocycles. The van der Waals surface area contributed by atoms with Gasteiger partial charge in [0.15, 0.2) is 0 Å². The van der Waals surface area contributed by atoms with Gasteiger partial charge in [0.25, 0.3) is 0 Å². The summed E-state index contributed by atoms with van der Waals surface area (Å²) in [5, 5.41) is 8.63. The van der Waals surface area contributed by atoms with Gasteiger partial charge in [-0.2, -0.15) is 0 Å². The van der Waals surface area contributed by atoms with E-state index in [1.165, 1.54) is 19.3 Å². The van der Waals surface area contributed by atoms with Gasteiger partial charge in [0, 0.05) is 6.04 Å². The molecule has 0 bridgehead atoms. The third-order valence-corrected chi connectivity index (χ3v) is 1.91. The standard InChI is InChI=1S/C6H6O.C4H9N/c7-6-4-2-1-3-5-6;5-4-2-1-3-4/h1-5,7H;4H,1-3,5H2. The number of rotatable bonds is 0. The smallest absolute Gasteiger partial charge is 0.115 e. The fraction of sp³-hybridized carbons (Fsp3) is 0.400. The summed E-state index contributed by atoms with van der Waals surface area (Å²) in [5.41, 5.74) is 5.38. The minimum atomic E-state index is 0.322. The average Bonchev–Trinajstić information content (AvgIpc) is 2.04. The topological polar surface area (TPSA) is 46.2 Å². The summed E-state index contributed by atoms with van der Waals surface area (Å²) in [7, 11) is 0. The van der Waals surface area contributed by atoms with Crippen LogP contribution >= 0.6 is 0 Å². The Bertz CT molecular complexity index is 206. The van der Waals surface area contributed by atoms with Crippen LogP contribution in [0, 0.1) is 0 Å². The summed E-state index contributed by atoms with van der Waals surface area (Å²) < 4.78 is 0. The van der Waals surface area contributed by atoms with E-state index in [9.17, 15) is 0 Å². The summed E-state index contributed by atoms with van der Waals surface area (Å²) >= 11 is 0. The van der Waals surface area contributed by atoms with Crippen molar-refractivity contribution in [2.75, 3.05) is 0 Å². The lowest BCUT2D eigenvalue weighted by Crippen LogP contribution is -2.27. The number of hydrogen-bond donors (Lipinski definition) is 2. The van der Waals surface area contributed by atoms with Gasteiger partial charge in [0.1, 0.15) is 5.75 Å². The molecule has 0 spiro atoms. The van der Waals surface area contributed by atoms with Gasteiger partial charge in [-0.15, -0.1) is 0 Å². The first kappa shape index (κ1) is 9.07. The lowest BCUT2D eigenvalue weighted by Gasteiger charge is -2.18. The van der Waals surface area contributed by atoms with Crippen molar-refractivity contribution in [2.24, 2.45) is 5.73 Å². The lowest BCUT2D eigenvalue weighted by molar-refractivity contribution is 0.418. The van der Waals surface area contributed by atoms with E-state index in [0.29, 0.717) is 11.8 Å². The first-order valence-electron chi connectivity index (χ1n) is 4.28. The monoisotopic (exact) mass is 165 g/mol. The lowest BCUT2D eigenvalue weighted by atomic mass is 9.95. The van der Waals surface area contributed by atoms with Crippen molar-refractivity contribution < 1.29 is 5.11 Å². The molecule has 3 N–H and O–H groups in total. The van der Waals surface area contributed by atoms with Crippen LogP contribution in [0.5, 0.6) is 5.75 Å². The molecule has 0 heterocycles. The number of benzene rings is 1. The van der Waals surface area contributed by atoms with Crippen molar-refractivity contribution in [3.63, 3.8) is 0 Å². The highest BCUT2D eigenvalue weighted by atomic mass is 16.3. The van der Waals surface area contributed by atoms with Gasteiger partial charge >= 0.3 is 0 Å². The van der Waals surface area contributed by atoms with Gasteiger partial charge in [-0.25, -0.2) is 0 Å². The molecule has 1 aromatic carbocycles. The molecule has 2 nitrogen and oxygen atoms in total. The zero-order valence-electron chi connectivity index (χ0n) is 7.11. The number of phenolic OH excluding ortho intramolecular Hbond substituents is 1. The van der Waals surface area contributed by atoms with Gasteiger partial charge in [-0.3, -0.25) is 0 Å². The van der Waals surface area contributed by atoms with Crippen molar-refractivity contribution in [3.05, 3.63) is 30.3 Å². The third-order valence-electron chi connectivity index (χ3n) is 1.91. The van der Waals surface area contributed by atoms with Crippen LogP contribution in [0.25, 0.3) is 0 Å². The molecule has 1 fully saturated rings. The zero-order valence-corrected chi connectivity index (χ0v) is 7.11. The largest absolute Gasteiger partial charge is 0.508 e. The second kappa shape index (κ2) is 4.78. The molecular weight excluding hydrogens is 150 g/mol. The minimum Gasteiger partial charge on any atom is -0.508 e. The molecule has 0 amide bonds. The number of aromatic hydroxyl groups is 1. The Kier molecular flexibility index (Phi) is 3.61. The quantitative estimate of drug-likeness (QED) is 0.616. The Balaban J connectivity index is 0.000000127. The van der Waals surface area contributed by atoms with Crippen LogP contribution < -0.4 is 5.73 Å². The predicted octanol–water partition coefficient (Wildman–Crippen LogP) is 1.89. The Hall–Kier alpha value is -1.02.